The standard InChI is InChI=1S/C26H31FO7/c1-5-22(31)34-25(20(30)13-32-14(2)28)9-7-16-17-11-19(27)18-10-15(29)6-8-23(18,3)26(17)21(33-26)12-24(16,25)4/h6,8,10,16-17,19,21H,5,7,9,11-13H2,1-4H3/t16-,17-,19-,21-,23-,24-,25-,26+/m0/s1. The summed E-state index contributed by atoms with van der Waals surface area (Å²) in [5.74, 6) is -2.09. The third kappa shape index (κ3) is 2.77. The Bertz CT molecular complexity index is 1050. The molecule has 4 aliphatic carbocycles. The fourth-order valence-corrected chi connectivity index (χ4v) is 7.86. The largest absolute Gasteiger partial charge is 0.458 e. The number of hydrogen-bond acceptors (Lipinski definition) is 7. The molecule has 1 heterocycles. The summed E-state index contributed by atoms with van der Waals surface area (Å²) >= 11 is 0. The molecule has 1 saturated heterocycles. The van der Waals surface area contributed by atoms with Gasteiger partial charge >= 0.3 is 11.9 Å². The summed E-state index contributed by atoms with van der Waals surface area (Å²) in [5, 5.41) is 0. The van der Waals surface area contributed by atoms with Crippen LogP contribution in [-0.2, 0) is 33.4 Å². The van der Waals surface area contributed by atoms with Crippen LogP contribution in [0.2, 0.25) is 0 Å². The Balaban J connectivity index is 1.56. The molecule has 4 fully saturated rings. The molecule has 0 radical (unpaired) electrons. The summed E-state index contributed by atoms with van der Waals surface area (Å²) in [6.07, 6.45) is 4.73. The van der Waals surface area contributed by atoms with E-state index >= 15 is 4.39 Å². The van der Waals surface area contributed by atoms with Crippen molar-refractivity contribution in [3.8, 4) is 0 Å². The molecule has 0 aromatic rings. The van der Waals surface area contributed by atoms with E-state index in [9.17, 15) is 19.2 Å². The van der Waals surface area contributed by atoms with Gasteiger partial charge in [-0.1, -0.05) is 19.9 Å². The van der Waals surface area contributed by atoms with E-state index in [1.165, 1.54) is 19.1 Å². The van der Waals surface area contributed by atoms with Crippen LogP contribution in [0.5, 0.6) is 0 Å². The Morgan fingerprint density at radius 2 is 1.97 bits per heavy atom. The fraction of sp³-hybridized carbons (Fsp3) is 0.692. The highest BCUT2D eigenvalue weighted by Crippen LogP contribution is 2.76. The van der Waals surface area contributed by atoms with Crippen LogP contribution in [-0.4, -0.2) is 53.6 Å². The van der Waals surface area contributed by atoms with Crippen molar-refractivity contribution in [2.45, 2.75) is 83.3 Å². The third-order valence-electron chi connectivity index (χ3n) is 9.47. The molecule has 5 rings (SSSR count). The molecule has 1 aliphatic heterocycles. The Morgan fingerprint density at radius 3 is 2.65 bits per heavy atom. The Hall–Kier alpha value is -2.35. The number of ether oxygens (including phenoxy) is 3. The summed E-state index contributed by atoms with van der Waals surface area (Å²) in [5.41, 5.74) is -3.18. The number of epoxide rings is 1. The second kappa shape index (κ2) is 7.33. The maximum absolute atomic E-state index is 15.6. The van der Waals surface area contributed by atoms with Crippen molar-refractivity contribution in [3.05, 3.63) is 23.8 Å². The molecule has 184 valence electrons. The minimum Gasteiger partial charge on any atom is -0.458 e. The molecule has 0 unspecified atom stereocenters. The first-order valence-corrected chi connectivity index (χ1v) is 12.1. The highest BCUT2D eigenvalue weighted by atomic mass is 19.1. The van der Waals surface area contributed by atoms with Crippen LogP contribution in [0, 0.1) is 22.7 Å². The monoisotopic (exact) mass is 474 g/mol. The number of allylic oxidation sites excluding steroid dienone is 2. The topological polar surface area (TPSA) is 99.3 Å². The van der Waals surface area contributed by atoms with Gasteiger partial charge < -0.3 is 14.2 Å². The maximum atomic E-state index is 15.6. The molecule has 34 heavy (non-hydrogen) atoms. The number of alkyl halides is 1. The molecule has 5 aliphatic rings. The lowest BCUT2D eigenvalue weighted by Crippen LogP contribution is -2.63. The van der Waals surface area contributed by atoms with Crippen molar-refractivity contribution < 1.29 is 37.8 Å². The lowest BCUT2D eigenvalue weighted by Gasteiger charge is -2.56. The summed E-state index contributed by atoms with van der Waals surface area (Å²) in [4.78, 5) is 49.5. The average Bonchev–Trinajstić information content (AvgIpc) is 3.44. The number of carbonyl (C=O) groups is 4. The Kier molecular flexibility index (Phi) is 5.04. The van der Waals surface area contributed by atoms with Gasteiger partial charge in [-0.3, -0.25) is 19.2 Å². The van der Waals surface area contributed by atoms with E-state index in [0.29, 0.717) is 24.8 Å². The lowest BCUT2D eigenvalue weighted by molar-refractivity contribution is -0.189. The second-order valence-electron chi connectivity index (χ2n) is 10.9. The number of esters is 2. The van der Waals surface area contributed by atoms with Gasteiger partial charge in [0.25, 0.3) is 0 Å². The minimum atomic E-state index is -1.46. The summed E-state index contributed by atoms with van der Waals surface area (Å²) in [6.45, 7) is 6.29. The molecular weight excluding hydrogens is 443 g/mol. The molecule has 1 spiro atoms. The van der Waals surface area contributed by atoms with Crippen LogP contribution in [0.1, 0.15) is 59.8 Å². The van der Waals surface area contributed by atoms with Crippen molar-refractivity contribution in [1.82, 2.24) is 0 Å². The van der Waals surface area contributed by atoms with E-state index in [0.717, 1.165) is 0 Å². The van der Waals surface area contributed by atoms with Crippen LogP contribution in [0.3, 0.4) is 0 Å². The van der Waals surface area contributed by atoms with Gasteiger partial charge in [-0.15, -0.1) is 0 Å². The first kappa shape index (κ1) is 23.4. The zero-order valence-corrected chi connectivity index (χ0v) is 20.0. The number of Topliss-reactive ketones (excluding diaryl/α,β-unsaturated/α-hetero) is 1. The zero-order chi connectivity index (χ0) is 24.7. The normalized spacial score (nSPS) is 45.8. The summed E-state index contributed by atoms with van der Waals surface area (Å²) < 4.78 is 33.0. The van der Waals surface area contributed by atoms with Crippen molar-refractivity contribution in [3.63, 3.8) is 0 Å². The van der Waals surface area contributed by atoms with E-state index in [4.69, 9.17) is 14.2 Å². The Morgan fingerprint density at radius 1 is 1.24 bits per heavy atom. The van der Waals surface area contributed by atoms with Crippen molar-refractivity contribution >= 4 is 23.5 Å². The smallest absolute Gasteiger partial charge is 0.306 e. The van der Waals surface area contributed by atoms with E-state index < -0.39 is 52.5 Å². The molecule has 3 saturated carbocycles. The molecule has 8 atom stereocenters. The first-order valence-electron chi connectivity index (χ1n) is 12.1. The molecule has 8 heteroatoms. The van der Waals surface area contributed by atoms with Crippen LogP contribution in [0.4, 0.5) is 4.39 Å². The van der Waals surface area contributed by atoms with Crippen molar-refractivity contribution in [1.29, 1.82) is 0 Å². The Labute approximate surface area is 198 Å². The molecule has 0 amide bonds. The minimum absolute atomic E-state index is 0.105. The molecule has 7 nitrogen and oxygen atoms in total. The van der Waals surface area contributed by atoms with Crippen LogP contribution in [0.15, 0.2) is 23.8 Å². The van der Waals surface area contributed by atoms with Gasteiger partial charge in [-0.2, -0.15) is 0 Å². The molecule has 0 bridgehead atoms. The van der Waals surface area contributed by atoms with Gasteiger partial charge in [-0.25, -0.2) is 4.39 Å². The highest BCUT2D eigenvalue weighted by Gasteiger charge is 2.82. The molecule has 0 aromatic carbocycles. The van der Waals surface area contributed by atoms with E-state index in [1.807, 2.05) is 13.8 Å². The number of halogens is 1. The van der Waals surface area contributed by atoms with Crippen molar-refractivity contribution in [2.24, 2.45) is 22.7 Å². The number of ketones is 2. The van der Waals surface area contributed by atoms with Gasteiger partial charge in [0, 0.05) is 24.2 Å². The number of fused-ring (bicyclic) bond motifs is 3. The highest BCUT2D eigenvalue weighted by molar-refractivity contribution is 6.01. The number of hydrogen-bond donors (Lipinski definition) is 0. The number of rotatable bonds is 5. The fourth-order valence-electron chi connectivity index (χ4n) is 7.86. The second-order valence-corrected chi connectivity index (χ2v) is 10.9. The first-order chi connectivity index (χ1) is 15.9. The van der Waals surface area contributed by atoms with Gasteiger partial charge in [0.1, 0.15) is 11.8 Å². The third-order valence-corrected chi connectivity index (χ3v) is 9.47. The van der Waals surface area contributed by atoms with Crippen molar-refractivity contribution in [2.75, 3.05) is 6.61 Å². The van der Waals surface area contributed by atoms with Crippen LogP contribution < -0.4 is 0 Å². The summed E-state index contributed by atoms with van der Waals surface area (Å²) in [7, 11) is 0. The van der Waals surface area contributed by atoms with Gasteiger partial charge in [0.05, 0.1) is 6.10 Å². The predicted octanol–water partition coefficient (Wildman–Crippen LogP) is 3.20. The molecule has 0 aromatic heterocycles. The molecule has 0 N–H and O–H groups in total. The summed E-state index contributed by atoms with van der Waals surface area (Å²) in [6, 6.07) is 0. The van der Waals surface area contributed by atoms with Gasteiger partial charge in [0.15, 0.2) is 18.0 Å². The SMILES string of the molecule is CCC(=O)O[C@]1(C(=O)COC(C)=O)CC[C@H]2[C@@H]3C[C@H](F)C4=CC(=O)C=C[C@]4(C)[C@@]34O[C@H]4C[C@@]21C. The van der Waals surface area contributed by atoms with E-state index in [2.05, 4.69) is 0 Å². The average molecular weight is 475 g/mol. The van der Waals surface area contributed by atoms with E-state index in [1.54, 1.807) is 13.0 Å². The van der Waals surface area contributed by atoms with Crippen LogP contribution in [0.25, 0.3) is 0 Å². The van der Waals surface area contributed by atoms with E-state index in [-0.39, 0.29) is 36.6 Å². The maximum Gasteiger partial charge on any atom is 0.306 e. The zero-order valence-electron chi connectivity index (χ0n) is 20.0. The number of carbonyl (C=O) groups excluding carboxylic acids is 4. The lowest BCUT2D eigenvalue weighted by atomic mass is 9.46. The molecular formula is C26H31FO7. The van der Waals surface area contributed by atoms with Gasteiger partial charge in [-0.05, 0) is 62.2 Å². The quantitative estimate of drug-likeness (QED) is 0.446. The van der Waals surface area contributed by atoms with Crippen LogP contribution >= 0.6 is 0 Å². The van der Waals surface area contributed by atoms with Gasteiger partial charge in [0.2, 0.25) is 5.78 Å². The predicted molar refractivity (Wildman–Crippen MR) is 117 cm³/mol.